The Morgan fingerprint density at radius 1 is 1.06 bits per heavy atom. The van der Waals surface area contributed by atoms with Crippen molar-refractivity contribution in [2.45, 2.75) is 63.3 Å². The molecule has 5 unspecified atom stereocenters. The maximum Gasteiger partial charge on any atom is 0.410 e. The number of hydrazine groups is 1. The van der Waals surface area contributed by atoms with Gasteiger partial charge in [-0.1, -0.05) is 0 Å². The van der Waals surface area contributed by atoms with Crippen LogP contribution in [0.2, 0.25) is 0 Å². The highest BCUT2D eigenvalue weighted by atomic mass is 16.6. The van der Waals surface area contributed by atoms with Gasteiger partial charge in [0.25, 0.3) is 0 Å². The van der Waals surface area contributed by atoms with Gasteiger partial charge in [-0.15, -0.1) is 0 Å². The zero-order valence-electron chi connectivity index (χ0n) is 19.4. The number of aliphatic hydroxyl groups is 1. The number of rotatable bonds is 4. The second-order valence-corrected chi connectivity index (χ2v) is 9.73. The first-order valence-electron chi connectivity index (χ1n) is 12.1. The van der Waals surface area contributed by atoms with E-state index in [0.717, 1.165) is 51.7 Å². The van der Waals surface area contributed by atoms with Gasteiger partial charge in [0.05, 0.1) is 31.8 Å². The average Bonchev–Trinajstić information content (AvgIpc) is 3.27. The minimum Gasteiger partial charge on any atom is -0.453 e. The van der Waals surface area contributed by atoms with Gasteiger partial charge in [-0.3, -0.25) is 10.3 Å². The number of carbonyl (C=O) groups excluding carboxylic acids is 2. The molecule has 3 aliphatic heterocycles. The Morgan fingerprint density at radius 3 is 2.62 bits per heavy atom. The van der Waals surface area contributed by atoms with E-state index in [0.29, 0.717) is 31.5 Å². The number of hydrogen-bond acceptors (Lipinski definition) is 8. The fourth-order valence-electron chi connectivity index (χ4n) is 6.11. The monoisotopic (exact) mass is 453 g/mol. The minimum absolute atomic E-state index is 0.0533. The summed E-state index contributed by atoms with van der Waals surface area (Å²) >= 11 is 0. The fourth-order valence-corrected chi connectivity index (χ4v) is 6.11. The lowest BCUT2D eigenvalue weighted by Gasteiger charge is -2.53. The van der Waals surface area contributed by atoms with Gasteiger partial charge in [-0.05, 0) is 57.4 Å². The lowest BCUT2D eigenvalue weighted by molar-refractivity contribution is -0.0480. The number of β-amino-alcohol motifs (C(OH)–C–C–N with tert-alkyl or cyclic N) is 1. The molecule has 0 aromatic heterocycles. The summed E-state index contributed by atoms with van der Waals surface area (Å²) in [6.07, 6.45) is 3.95. The number of piperidine rings is 1. The summed E-state index contributed by atoms with van der Waals surface area (Å²) in [5, 5.41) is 14.6. The molecule has 0 aromatic carbocycles. The first-order valence-corrected chi connectivity index (χ1v) is 12.1. The SMILES string of the molecule is COC(=O)N1C2CCC(C3CNN(CCO)C3)CC2N(C(=O)OC2CCCNC2)C[C@@H]1C. The Kier molecular flexibility index (Phi) is 7.75. The molecule has 4 fully saturated rings. The van der Waals surface area contributed by atoms with Crippen LogP contribution in [0.15, 0.2) is 0 Å². The van der Waals surface area contributed by atoms with E-state index in [1.54, 1.807) is 0 Å². The molecule has 3 N–H and O–H groups in total. The molecule has 10 heteroatoms. The number of piperazine rings is 1. The van der Waals surface area contributed by atoms with Crippen molar-refractivity contribution in [3.05, 3.63) is 0 Å². The number of hydrogen-bond donors (Lipinski definition) is 3. The Morgan fingerprint density at radius 2 is 1.91 bits per heavy atom. The summed E-state index contributed by atoms with van der Waals surface area (Å²) in [6, 6.07) is -0.243. The molecular formula is C22H39N5O5. The maximum atomic E-state index is 13.3. The van der Waals surface area contributed by atoms with Crippen molar-refractivity contribution >= 4 is 12.2 Å². The molecule has 0 aromatic rings. The summed E-state index contributed by atoms with van der Waals surface area (Å²) in [7, 11) is 1.42. The topological polar surface area (TPSA) is 107 Å². The van der Waals surface area contributed by atoms with Crippen LogP contribution in [0.25, 0.3) is 0 Å². The Labute approximate surface area is 190 Å². The van der Waals surface area contributed by atoms with E-state index in [9.17, 15) is 14.7 Å². The van der Waals surface area contributed by atoms with Crippen LogP contribution in [0, 0.1) is 11.8 Å². The molecular weight excluding hydrogens is 414 g/mol. The highest BCUT2D eigenvalue weighted by molar-refractivity contribution is 5.72. The van der Waals surface area contributed by atoms with Crippen LogP contribution in [0.3, 0.4) is 0 Å². The maximum absolute atomic E-state index is 13.3. The van der Waals surface area contributed by atoms with E-state index in [1.807, 2.05) is 16.7 Å². The van der Waals surface area contributed by atoms with Gasteiger partial charge in [0.1, 0.15) is 6.10 Å². The lowest BCUT2D eigenvalue weighted by Crippen LogP contribution is -2.67. The first kappa shape index (κ1) is 23.5. The van der Waals surface area contributed by atoms with E-state index in [1.165, 1.54) is 7.11 Å². The van der Waals surface area contributed by atoms with E-state index in [2.05, 4.69) is 15.8 Å². The van der Waals surface area contributed by atoms with Gasteiger partial charge in [0, 0.05) is 32.7 Å². The predicted molar refractivity (Wildman–Crippen MR) is 118 cm³/mol. The summed E-state index contributed by atoms with van der Waals surface area (Å²) in [6.45, 7) is 6.66. The van der Waals surface area contributed by atoms with Gasteiger partial charge in [0.2, 0.25) is 0 Å². The van der Waals surface area contributed by atoms with Crippen LogP contribution in [0.1, 0.15) is 39.0 Å². The molecule has 2 amide bonds. The van der Waals surface area contributed by atoms with Gasteiger partial charge in [-0.2, -0.15) is 0 Å². The van der Waals surface area contributed by atoms with Crippen molar-refractivity contribution in [3.8, 4) is 0 Å². The quantitative estimate of drug-likeness (QED) is 0.569. The number of amides is 2. The van der Waals surface area contributed by atoms with Crippen LogP contribution < -0.4 is 10.7 Å². The van der Waals surface area contributed by atoms with Crippen molar-refractivity contribution in [1.82, 2.24) is 25.6 Å². The van der Waals surface area contributed by atoms with E-state index >= 15 is 0 Å². The summed E-state index contributed by atoms with van der Waals surface area (Å²) < 4.78 is 11.0. The number of nitrogens with one attached hydrogen (secondary N) is 2. The Hall–Kier alpha value is -1.62. The largest absolute Gasteiger partial charge is 0.453 e. The zero-order chi connectivity index (χ0) is 22.7. The highest BCUT2D eigenvalue weighted by Gasteiger charge is 2.49. The molecule has 0 bridgehead atoms. The number of aliphatic hydroxyl groups excluding tert-OH is 1. The van der Waals surface area contributed by atoms with Gasteiger partial charge >= 0.3 is 12.2 Å². The average molecular weight is 454 g/mol. The lowest BCUT2D eigenvalue weighted by atomic mass is 9.73. The van der Waals surface area contributed by atoms with Crippen molar-refractivity contribution in [2.75, 3.05) is 53.0 Å². The second kappa shape index (κ2) is 10.5. The van der Waals surface area contributed by atoms with Crippen LogP contribution in [0.5, 0.6) is 0 Å². The third-order valence-electron chi connectivity index (χ3n) is 7.72. The first-order chi connectivity index (χ1) is 15.5. The molecule has 4 aliphatic rings. The van der Waals surface area contributed by atoms with E-state index < -0.39 is 0 Å². The highest BCUT2D eigenvalue weighted by Crippen LogP contribution is 2.40. The minimum atomic E-state index is -0.313. The Bertz CT molecular complexity index is 661. The van der Waals surface area contributed by atoms with E-state index in [4.69, 9.17) is 9.47 Å². The van der Waals surface area contributed by atoms with Gasteiger partial charge in [-0.25, -0.2) is 14.6 Å². The summed E-state index contributed by atoms with van der Waals surface area (Å²) in [5.41, 5.74) is 3.38. The standard InChI is InChI=1S/C22H39N5O5/c1-15-13-26(21(29)32-18-4-3-7-23-12-18)20-10-16(17-11-24-25(14-17)8-9-28)5-6-19(20)27(15)22(30)31-2/h15-20,23-24,28H,3-14H2,1-2H3/t15-,16?,17?,18?,19?,20?/m0/s1. The number of fused-ring (bicyclic) bond motifs is 1. The molecule has 0 radical (unpaired) electrons. The van der Waals surface area contributed by atoms with Crippen molar-refractivity contribution in [3.63, 3.8) is 0 Å². The van der Waals surface area contributed by atoms with Crippen molar-refractivity contribution in [1.29, 1.82) is 0 Å². The molecule has 1 saturated carbocycles. The summed E-state index contributed by atoms with van der Waals surface area (Å²) in [4.78, 5) is 29.6. The molecule has 182 valence electrons. The number of nitrogens with zero attached hydrogens (tertiary/aromatic N) is 3. The normalized spacial score (nSPS) is 36.0. The third kappa shape index (κ3) is 4.98. The predicted octanol–water partition coefficient (Wildman–Crippen LogP) is 0.614. The fraction of sp³-hybridized carbons (Fsp3) is 0.909. The van der Waals surface area contributed by atoms with Crippen LogP contribution >= 0.6 is 0 Å². The Balaban J connectivity index is 1.48. The van der Waals surface area contributed by atoms with Gasteiger partial charge in [0.15, 0.2) is 0 Å². The molecule has 10 nitrogen and oxygen atoms in total. The second-order valence-electron chi connectivity index (χ2n) is 9.73. The van der Waals surface area contributed by atoms with Crippen LogP contribution in [-0.2, 0) is 9.47 Å². The molecule has 32 heavy (non-hydrogen) atoms. The molecule has 3 saturated heterocycles. The molecule has 0 spiro atoms. The smallest absolute Gasteiger partial charge is 0.410 e. The van der Waals surface area contributed by atoms with Crippen LogP contribution in [-0.4, -0.2) is 109 Å². The van der Waals surface area contributed by atoms with Gasteiger partial charge < -0.3 is 24.8 Å². The third-order valence-corrected chi connectivity index (χ3v) is 7.72. The summed E-state index contributed by atoms with van der Waals surface area (Å²) in [5.74, 6) is 0.917. The molecule has 3 heterocycles. The number of methoxy groups -OCH3 is 1. The van der Waals surface area contributed by atoms with E-state index in [-0.39, 0.29) is 43.0 Å². The number of carbonyl (C=O) groups is 2. The molecule has 6 atom stereocenters. The molecule has 1 aliphatic carbocycles. The zero-order valence-corrected chi connectivity index (χ0v) is 19.4. The van der Waals surface area contributed by atoms with Crippen LogP contribution in [0.4, 0.5) is 9.59 Å². The van der Waals surface area contributed by atoms with Crippen molar-refractivity contribution in [2.24, 2.45) is 11.8 Å². The number of ether oxygens (including phenoxy) is 2. The van der Waals surface area contributed by atoms with Crippen molar-refractivity contribution < 1.29 is 24.2 Å². The molecule has 4 rings (SSSR count).